The second-order valence-electron chi connectivity index (χ2n) is 4.88. The number of carbonyl (C=O) groups excluding carboxylic acids is 2. The van der Waals surface area contributed by atoms with Gasteiger partial charge in [-0.3, -0.25) is 10.1 Å². The van der Waals surface area contributed by atoms with Crippen molar-refractivity contribution in [3.8, 4) is 5.75 Å². The summed E-state index contributed by atoms with van der Waals surface area (Å²) < 4.78 is 5.58. The lowest BCUT2D eigenvalue weighted by atomic mass is 10.3. The second-order valence-corrected chi connectivity index (χ2v) is 4.88. The molecule has 1 aliphatic carbocycles. The Morgan fingerprint density at radius 3 is 2.58 bits per heavy atom. The molecule has 0 aromatic heterocycles. The molecule has 1 aromatic carbocycles. The Kier molecular flexibility index (Phi) is 4.04. The highest BCUT2D eigenvalue weighted by molar-refractivity contribution is 6.03. The van der Waals surface area contributed by atoms with Crippen LogP contribution in [0.2, 0.25) is 0 Å². The number of anilines is 1. The number of hydrogen-bond donors (Lipinski definition) is 2. The second kappa shape index (κ2) is 5.73. The number of ether oxygens (including phenoxy) is 1. The first-order valence-electron chi connectivity index (χ1n) is 6.44. The maximum atomic E-state index is 11.7. The molecule has 2 N–H and O–H groups in total. The molecule has 0 spiro atoms. The standard InChI is InChI=1S/C14H18N2O3/c1-9(2)19-12-6-4-3-5-11(12)15-14(18)16-13(17)10-7-8-10/h3-6,9-10H,7-8H2,1-2H3,(H2,15,16,17,18). The number of urea groups is 1. The van der Waals surface area contributed by atoms with Crippen molar-refractivity contribution < 1.29 is 14.3 Å². The van der Waals surface area contributed by atoms with Gasteiger partial charge in [0.1, 0.15) is 5.75 Å². The summed E-state index contributed by atoms with van der Waals surface area (Å²) in [7, 11) is 0. The lowest BCUT2D eigenvalue weighted by Crippen LogP contribution is -2.35. The van der Waals surface area contributed by atoms with Gasteiger partial charge in [-0.25, -0.2) is 4.79 Å². The molecule has 2 rings (SSSR count). The van der Waals surface area contributed by atoms with Gasteiger partial charge in [-0.15, -0.1) is 0 Å². The highest BCUT2D eigenvalue weighted by Crippen LogP contribution is 2.29. The van der Waals surface area contributed by atoms with Crippen LogP contribution in [-0.4, -0.2) is 18.0 Å². The predicted molar refractivity (Wildman–Crippen MR) is 72.1 cm³/mol. The number of benzene rings is 1. The first-order chi connectivity index (χ1) is 9.06. The minimum absolute atomic E-state index is 0.00732. The van der Waals surface area contributed by atoms with Gasteiger partial charge in [-0.1, -0.05) is 12.1 Å². The van der Waals surface area contributed by atoms with Crippen LogP contribution in [0.1, 0.15) is 26.7 Å². The molecule has 0 aliphatic heterocycles. The maximum Gasteiger partial charge on any atom is 0.325 e. The Morgan fingerprint density at radius 2 is 1.95 bits per heavy atom. The highest BCUT2D eigenvalue weighted by Gasteiger charge is 2.30. The molecule has 102 valence electrons. The minimum atomic E-state index is -0.517. The summed E-state index contributed by atoms with van der Waals surface area (Å²) in [6.07, 6.45) is 1.75. The summed E-state index contributed by atoms with van der Waals surface area (Å²) in [5, 5.41) is 4.96. The van der Waals surface area contributed by atoms with Gasteiger partial charge < -0.3 is 10.1 Å². The summed E-state index contributed by atoms with van der Waals surface area (Å²) in [4.78, 5) is 23.2. The maximum absolute atomic E-state index is 11.7. The third-order valence-corrected chi connectivity index (χ3v) is 2.68. The quantitative estimate of drug-likeness (QED) is 0.876. The van der Waals surface area contributed by atoms with Gasteiger partial charge in [0.25, 0.3) is 0 Å². The average molecular weight is 262 g/mol. The van der Waals surface area contributed by atoms with E-state index in [2.05, 4.69) is 10.6 Å². The number of para-hydroxylation sites is 2. The van der Waals surface area contributed by atoms with Crippen molar-refractivity contribution in [2.45, 2.75) is 32.8 Å². The van der Waals surface area contributed by atoms with E-state index in [0.29, 0.717) is 11.4 Å². The number of nitrogens with one attached hydrogen (secondary N) is 2. The van der Waals surface area contributed by atoms with Crippen LogP contribution in [-0.2, 0) is 4.79 Å². The van der Waals surface area contributed by atoms with Gasteiger partial charge in [0.05, 0.1) is 11.8 Å². The highest BCUT2D eigenvalue weighted by atomic mass is 16.5. The molecule has 0 heterocycles. The number of amides is 3. The van der Waals surface area contributed by atoms with Crippen LogP contribution >= 0.6 is 0 Å². The van der Waals surface area contributed by atoms with Crippen molar-refractivity contribution in [3.05, 3.63) is 24.3 Å². The van der Waals surface area contributed by atoms with Gasteiger partial charge >= 0.3 is 6.03 Å². The molecule has 1 saturated carbocycles. The van der Waals surface area contributed by atoms with E-state index in [1.54, 1.807) is 18.2 Å². The van der Waals surface area contributed by atoms with E-state index in [-0.39, 0.29) is 17.9 Å². The van der Waals surface area contributed by atoms with Crippen molar-refractivity contribution in [2.24, 2.45) is 5.92 Å². The molecular formula is C14H18N2O3. The Hall–Kier alpha value is -2.04. The molecule has 3 amide bonds. The van der Waals surface area contributed by atoms with Crippen LogP contribution in [0, 0.1) is 5.92 Å². The predicted octanol–water partition coefficient (Wildman–Crippen LogP) is 2.53. The van der Waals surface area contributed by atoms with Crippen LogP contribution in [0.5, 0.6) is 5.75 Å². The minimum Gasteiger partial charge on any atom is -0.489 e. The van der Waals surface area contributed by atoms with Crippen LogP contribution in [0.3, 0.4) is 0 Å². The SMILES string of the molecule is CC(C)Oc1ccccc1NC(=O)NC(=O)C1CC1. The van der Waals surface area contributed by atoms with Gasteiger partial charge in [0, 0.05) is 5.92 Å². The third kappa shape index (κ3) is 3.98. The summed E-state index contributed by atoms with van der Waals surface area (Å²) >= 11 is 0. The normalized spacial score (nSPS) is 14.1. The smallest absolute Gasteiger partial charge is 0.325 e. The van der Waals surface area contributed by atoms with Gasteiger partial charge in [0.2, 0.25) is 5.91 Å². The molecular weight excluding hydrogens is 244 g/mol. The zero-order valence-corrected chi connectivity index (χ0v) is 11.1. The van der Waals surface area contributed by atoms with Gasteiger partial charge in [-0.05, 0) is 38.8 Å². The fraction of sp³-hybridized carbons (Fsp3) is 0.429. The summed E-state index contributed by atoms with van der Waals surface area (Å²) in [5.74, 6) is 0.388. The molecule has 0 atom stereocenters. The Balaban J connectivity index is 1.97. The first kappa shape index (κ1) is 13.4. The van der Waals surface area contributed by atoms with E-state index in [9.17, 15) is 9.59 Å². The summed E-state index contributed by atoms with van der Waals surface area (Å²) in [6.45, 7) is 3.82. The molecule has 1 aromatic rings. The Bertz CT molecular complexity index is 481. The fourth-order valence-electron chi connectivity index (χ4n) is 1.64. The zero-order valence-electron chi connectivity index (χ0n) is 11.1. The molecule has 5 nitrogen and oxygen atoms in total. The van der Waals surface area contributed by atoms with Crippen LogP contribution < -0.4 is 15.4 Å². The molecule has 0 radical (unpaired) electrons. The van der Waals surface area contributed by atoms with Crippen molar-refractivity contribution in [1.29, 1.82) is 0 Å². The first-order valence-corrected chi connectivity index (χ1v) is 6.44. The summed E-state index contributed by atoms with van der Waals surface area (Å²) in [5.41, 5.74) is 0.553. The van der Waals surface area contributed by atoms with Crippen LogP contribution in [0.4, 0.5) is 10.5 Å². The van der Waals surface area contributed by atoms with E-state index < -0.39 is 6.03 Å². The number of carbonyl (C=O) groups is 2. The Morgan fingerprint density at radius 1 is 1.26 bits per heavy atom. The molecule has 1 fully saturated rings. The van der Waals surface area contributed by atoms with Crippen LogP contribution in [0.15, 0.2) is 24.3 Å². The Labute approximate surface area is 112 Å². The molecule has 0 unspecified atom stereocenters. The topological polar surface area (TPSA) is 67.4 Å². The molecule has 1 aliphatic rings. The molecule has 0 saturated heterocycles. The summed E-state index contributed by atoms with van der Waals surface area (Å²) in [6, 6.07) is 6.62. The van der Waals surface area contributed by atoms with Gasteiger partial charge in [0.15, 0.2) is 0 Å². The van der Waals surface area contributed by atoms with Crippen molar-refractivity contribution >= 4 is 17.6 Å². The average Bonchev–Trinajstić information content (AvgIpc) is 3.14. The monoisotopic (exact) mass is 262 g/mol. The van der Waals surface area contributed by atoms with E-state index in [0.717, 1.165) is 12.8 Å². The third-order valence-electron chi connectivity index (χ3n) is 2.68. The molecule has 19 heavy (non-hydrogen) atoms. The van der Waals surface area contributed by atoms with Crippen molar-refractivity contribution in [3.63, 3.8) is 0 Å². The van der Waals surface area contributed by atoms with E-state index >= 15 is 0 Å². The van der Waals surface area contributed by atoms with Gasteiger partial charge in [-0.2, -0.15) is 0 Å². The zero-order chi connectivity index (χ0) is 13.8. The number of hydrogen-bond acceptors (Lipinski definition) is 3. The van der Waals surface area contributed by atoms with E-state index in [4.69, 9.17) is 4.74 Å². The number of rotatable bonds is 4. The lowest BCUT2D eigenvalue weighted by molar-refractivity contribution is -0.121. The largest absolute Gasteiger partial charge is 0.489 e. The van der Waals surface area contributed by atoms with E-state index in [1.165, 1.54) is 0 Å². The molecule has 0 bridgehead atoms. The molecule has 5 heteroatoms. The van der Waals surface area contributed by atoms with Crippen molar-refractivity contribution in [1.82, 2.24) is 5.32 Å². The van der Waals surface area contributed by atoms with Crippen LogP contribution in [0.25, 0.3) is 0 Å². The van der Waals surface area contributed by atoms with E-state index in [1.807, 2.05) is 19.9 Å². The van der Waals surface area contributed by atoms with Crippen molar-refractivity contribution in [2.75, 3.05) is 5.32 Å². The lowest BCUT2D eigenvalue weighted by Gasteiger charge is -2.14. The fourth-order valence-corrected chi connectivity index (χ4v) is 1.64. The number of imide groups is 1.